The first kappa shape index (κ1) is 26.1. The summed E-state index contributed by atoms with van der Waals surface area (Å²) < 4.78 is 8.60. The van der Waals surface area contributed by atoms with E-state index in [4.69, 9.17) is 9.40 Å². The van der Waals surface area contributed by atoms with Crippen LogP contribution in [0.4, 0.5) is 0 Å². The van der Waals surface area contributed by atoms with Gasteiger partial charge in [-0.15, -0.1) is 0 Å². The van der Waals surface area contributed by atoms with E-state index in [-0.39, 0.29) is 0 Å². The fourth-order valence-electron chi connectivity index (χ4n) is 7.62. The number of nitrogens with zero attached hydrogens (tertiary/aromatic N) is 2. The molecule has 0 unspecified atom stereocenters. The van der Waals surface area contributed by atoms with Gasteiger partial charge in [-0.05, 0) is 110 Å². The number of hydrogen-bond donors (Lipinski definition) is 0. The van der Waals surface area contributed by atoms with E-state index in [9.17, 15) is 0 Å². The summed E-state index contributed by atoms with van der Waals surface area (Å²) in [6.07, 6.45) is 0. The SMILES string of the molecule is Cc1nc2ccccc2n1-c1ccc(-c2c3ccccc3c(-c3ccc4oc5cc6ccccc6cc5c4c3)c3ccccc23)cc1. The van der Waals surface area contributed by atoms with Crippen LogP contribution < -0.4 is 0 Å². The van der Waals surface area contributed by atoms with Gasteiger partial charge in [-0.2, -0.15) is 0 Å². The van der Waals surface area contributed by atoms with Crippen LogP contribution in [0, 0.1) is 6.92 Å². The highest BCUT2D eigenvalue weighted by Gasteiger charge is 2.18. The van der Waals surface area contributed by atoms with Crippen molar-refractivity contribution in [2.75, 3.05) is 0 Å². The lowest BCUT2D eigenvalue weighted by Gasteiger charge is -2.18. The summed E-state index contributed by atoms with van der Waals surface area (Å²) in [6.45, 7) is 2.07. The molecule has 0 amide bonds. The van der Waals surface area contributed by atoms with E-state index in [2.05, 4.69) is 157 Å². The first-order valence-corrected chi connectivity index (χ1v) is 16.0. The zero-order valence-corrected chi connectivity index (χ0v) is 25.7. The molecule has 0 aliphatic heterocycles. The molecule has 220 valence electrons. The fourth-order valence-corrected chi connectivity index (χ4v) is 7.62. The molecule has 0 bridgehead atoms. The Balaban J connectivity index is 1.19. The molecule has 0 fully saturated rings. The summed E-state index contributed by atoms with van der Waals surface area (Å²) >= 11 is 0. The molecule has 0 aliphatic carbocycles. The standard InChI is InChI=1S/C44H28N2O/c1-27-45-39-16-8-9-17-40(39)46(27)32-21-18-28(19-22-32)43-33-12-4-6-14-35(33)44(36-15-7-5-13-34(36)43)31-20-23-41-37(25-31)38-24-29-10-2-3-11-30(29)26-42(38)47-41/h2-26H,1H3. The molecule has 0 saturated heterocycles. The summed E-state index contributed by atoms with van der Waals surface area (Å²) in [5.74, 6) is 0.981. The van der Waals surface area contributed by atoms with Gasteiger partial charge in [0.15, 0.2) is 0 Å². The third-order valence-electron chi connectivity index (χ3n) is 9.70. The molecule has 0 radical (unpaired) electrons. The monoisotopic (exact) mass is 600 g/mol. The van der Waals surface area contributed by atoms with Gasteiger partial charge in [0, 0.05) is 16.5 Å². The largest absolute Gasteiger partial charge is 0.456 e. The van der Waals surface area contributed by atoms with Crippen molar-refractivity contribution in [3.05, 3.63) is 157 Å². The summed E-state index contributed by atoms with van der Waals surface area (Å²) in [5.41, 5.74) is 9.94. The average Bonchev–Trinajstić information content (AvgIpc) is 3.65. The molecule has 0 N–H and O–H groups in total. The van der Waals surface area contributed by atoms with Crippen molar-refractivity contribution >= 4 is 65.3 Å². The maximum atomic E-state index is 6.37. The maximum Gasteiger partial charge on any atom is 0.136 e. The molecule has 3 heteroatoms. The molecular weight excluding hydrogens is 572 g/mol. The van der Waals surface area contributed by atoms with Gasteiger partial charge in [0.2, 0.25) is 0 Å². The van der Waals surface area contributed by atoms with E-state index in [0.717, 1.165) is 44.5 Å². The van der Waals surface area contributed by atoms with Gasteiger partial charge in [0.25, 0.3) is 0 Å². The highest BCUT2D eigenvalue weighted by Crippen LogP contribution is 2.45. The summed E-state index contributed by atoms with van der Waals surface area (Å²) in [5, 5.41) is 9.63. The van der Waals surface area contributed by atoms with E-state index >= 15 is 0 Å². The molecule has 47 heavy (non-hydrogen) atoms. The predicted molar refractivity (Wildman–Crippen MR) is 196 cm³/mol. The van der Waals surface area contributed by atoms with Gasteiger partial charge in [-0.25, -0.2) is 4.98 Å². The number of aromatic nitrogens is 2. The normalized spacial score (nSPS) is 11.9. The summed E-state index contributed by atoms with van der Waals surface area (Å²) in [7, 11) is 0. The maximum absolute atomic E-state index is 6.37. The first-order chi connectivity index (χ1) is 23.2. The minimum atomic E-state index is 0.908. The lowest BCUT2D eigenvalue weighted by molar-refractivity contribution is 0.669. The summed E-state index contributed by atoms with van der Waals surface area (Å²) in [4.78, 5) is 4.79. The molecule has 0 atom stereocenters. The van der Waals surface area contributed by atoms with E-state index < -0.39 is 0 Å². The fraction of sp³-hybridized carbons (Fsp3) is 0.0227. The van der Waals surface area contributed by atoms with Crippen LogP contribution in [0.15, 0.2) is 156 Å². The molecule has 0 saturated carbocycles. The van der Waals surface area contributed by atoms with Crippen molar-refractivity contribution in [2.24, 2.45) is 0 Å². The van der Waals surface area contributed by atoms with Crippen LogP contribution in [0.25, 0.3) is 93.2 Å². The molecule has 2 aromatic heterocycles. The molecule has 8 aromatic carbocycles. The quantitative estimate of drug-likeness (QED) is 0.189. The van der Waals surface area contributed by atoms with Crippen molar-refractivity contribution in [1.82, 2.24) is 9.55 Å². The van der Waals surface area contributed by atoms with Crippen LogP contribution in [-0.2, 0) is 0 Å². The second-order valence-electron chi connectivity index (χ2n) is 12.4. The summed E-state index contributed by atoms with van der Waals surface area (Å²) in [6, 6.07) is 54.5. The molecule has 0 aliphatic rings. The van der Waals surface area contributed by atoms with Crippen LogP contribution in [0.2, 0.25) is 0 Å². The van der Waals surface area contributed by atoms with Gasteiger partial charge in [-0.1, -0.05) is 103 Å². The van der Waals surface area contributed by atoms with Crippen LogP contribution in [0.3, 0.4) is 0 Å². The molecular formula is C44H28N2O. The highest BCUT2D eigenvalue weighted by atomic mass is 16.3. The predicted octanol–water partition coefficient (Wildman–Crippen LogP) is 12.0. The van der Waals surface area contributed by atoms with E-state index in [1.165, 1.54) is 54.6 Å². The van der Waals surface area contributed by atoms with Crippen molar-refractivity contribution < 1.29 is 4.42 Å². The number of para-hydroxylation sites is 2. The Morgan fingerprint density at radius 3 is 1.72 bits per heavy atom. The number of imidazole rings is 1. The Morgan fingerprint density at radius 1 is 0.468 bits per heavy atom. The second-order valence-corrected chi connectivity index (χ2v) is 12.4. The number of aryl methyl sites for hydroxylation is 1. The van der Waals surface area contributed by atoms with E-state index in [1.807, 2.05) is 6.07 Å². The Morgan fingerprint density at radius 2 is 1.02 bits per heavy atom. The van der Waals surface area contributed by atoms with Gasteiger partial charge in [0.1, 0.15) is 17.0 Å². The van der Waals surface area contributed by atoms with Crippen LogP contribution in [0.1, 0.15) is 5.82 Å². The number of rotatable bonds is 3. The lowest BCUT2D eigenvalue weighted by atomic mass is 9.85. The highest BCUT2D eigenvalue weighted by molar-refractivity contribution is 6.22. The van der Waals surface area contributed by atoms with Gasteiger partial charge < -0.3 is 4.42 Å². The molecule has 0 spiro atoms. The first-order valence-electron chi connectivity index (χ1n) is 16.0. The topological polar surface area (TPSA) is 31.0 Å². The number of furan rings is 1. The number of fused-ring (bicyclic) bond motifs is 7. The van der Waals surface area contributed by atoms with E-state index in [0.29, 0.717) is 0 Å². The average molecular weight is 601 g/mol. The smallest absolute Gasteiger partial charge is 0.136 e. The van der Waals surface area contributed by atoms with E-state index in [1.54, 1.807) is 0 Å². The third kappa shape index (κ3) is 3.90. The minimum absolute atomic E-state index is 0.908. The van der Waals surface area contributed by atoms with Crippen molar-refractivity contribution in [1.29, 1.82) is 0 Å². The van der Waals surface area contributed by atoms with Gasteiger partial charge in [0.05, 0.1) is 11.0 Å². The minimum Gasteiger partial charge on any atom is -0.456 e. The Kier molecular flexibility index (Phi) is 5.49. The van der Waals surface area contributed by atoms with Crippen molar-refractivity contribution in [3.8, 4) is 27.9 Å². The van der Waals surface area contributed by atoms with Crippen molar-refractivity contribution in [3.63, 3.8) is 0 Å². The number of benzene rings is 8. The van der Waals surface area contributed by atoms with Crippen LogP contribution >= 0.6 is 0 Å². The zero-order chi connectivity index (χ0) is 31.1. The molecule has 3 nitrogen and oxygen atoms in total. The van der Waals surface area contributed by atoms with Crippen LogP contribution in [0.5, 0.6) is 0 Å². The number of hydrogen-bond acceptors (Lipinski definition) is 2. The lowest BCUT2D eigenvalue weighted by Crippen LogP contribution is -1.97. The van der Waals surface area contributed by atoms with Crippen LogP contribution in [-0.4, -0.2) is 9.55 Å². The molecule has 10 rings (SSSR count). The van der Waals surface area contributed by atoms with Gasteiger partial charge in [-0.3, -0.25) is 4.57 Å². The second kappa shape index (κ2) is 9.90. The molecule has 2 heterocycles. The molecule has 10 aromatic rings. The van der Waals surface area contributed by atoms with Gasteiger partial charge >= 0.3 is 0 Å². The zero-order valence-electron chi connectivity index (χ0n) is 25.7. The van der Waals surface area contributed by atoms with Crippen molar-refractivity contribution in [2.45, 2.75) is 6.92 Å². The Hall–Kier alpha value is -6.19. The third-order valence-corrected chi connectivity index (χ3v) is 9.70. The Bertz CT molecular complexity index is 2800. The Labute approximate surface area is 270 Å².